The van der Waals surface area contributed by atoms with Crippen LogP contribution in [0.4, 0.5) is 13.2 Å². The number of alkyl halides is 3. The zero-order valence-electron chi connectivity index (χ0n) is 26.2. The van der Waals surface area contributed by atoms with Crippen molar-refractivity contribution < 1.29 is 32.2 Å². The van der Waals surface area contributed by atoms with Crippen LogP contribution in [0.5, 0.6) is 5.75 Å². The third-order valence-electron chi connectivity index (χ3n) is 7.52. The van der Waals surface area contributed by atoms with Gasteiger partial charge in [0.25, 0.3) is 5.91 Å². The van der Waals surface area contributed by atoms with Crippen LogP contribution in [0.2, 0.25) is 0 Å². The number of aromatic nitrogens is 2. The molecule has 0 saturated carbocycles. The van der Waals surface area contributed by atoms with Crippen LogP contribution in [0, 0.1) is 12.8 Å². The molecule has 242 valence electrons. The molecule has 0 aliphatic carbocycles. The molecule has 0 unspecified atom stereocenters. The van der Waals surface area contributed by atoms with Crippen molar-refractivity contribution in [2.75, 3.05) is 40.4 Å². The first-order valence-electron chi connectivity index (χ1n) is 14.7. The third-order valence-corrected chi connectivity index (χ3v) is 7.52. The SMILES string of the molecule is C=C/C(=C\C=C(/C)C(F)(F)F)Oc1ccc(C=O)cc1.COCCNC(=O)c1ccc2nn(CC3CCN(C)CC3)cc2c1C. The number of carbonyl (C=O) groups excluding carboxylic acids is 2. The Labute approximate surface area is 262 Å². The van der Waals surface area contributed by atoms with Gasteiger partial charge in [-0.2, -0.15) is 18.3 Å². The van der Waals surface area contributed by atoms with Crippen LogP contribution < -0.4 is 10.1 Å². The Morgan fingerprint density at radius 3 is 2.42 bits per heavy atom. The van der Waals surface area contributed by atoms with Gasteiger partial charge in [-0.05, 0) is 107 Å². The summed E-state index contributed by atoms with van der Waals surface area (Å²) in [5.41, 5.74) is 2.40. The van der Waals surface area contributed by atoms with Gasteiger partial charge in [0.1, 0.15) is 17.8 Å². The van der Waals surface area contributed by atoms with Crippen LogP contribution in [0.1, 0.15) is 46.0 Å². The van der Waals surface area contributed by atoms with Gasteiger partial charge in [-0.3, -0.25) is 14.3 Å². The number of allylic oxidation sites excluding steroid dienone is 4. The number of piperidine rings is 1. The maximum Gasteiger partial charge on any atom is 0.412 e. The number of aldehydes is 1. The van der Waals surface area contributed by atoms with Crippen LogP contribution in [0.25, 0.3) is 10.9 Å². The average molecular weight is 627 g/mol. The first kappa shape index (κ1) is 35.3. The van der Waals surface area contributed by atoms with Gasteiger partial charge in [-0.1, -0.05) is 12.7 Å². The highest BCUT2D eigenvalue weighted by atomic mass is 19.4. The van der Waals surface area contributed by atoms with Gasteiger partial charge < -0.3 is 19.7 Å². The van der Waals surface area contributed by atoms with E-state index in [0.29, 0.717) is 42.2 Å². The molecule has 1 fully saturated rings. The number of nitrogens with one attached hydrogen (secondary N) is 1. The number of ether oxygens (including phenoxy) is 2. The first-order chi connectivity index (χ1) is 21.4. The Morgan fingerprint density at radius 2 is 1.82 bits per heavy atom. The van der Waals surface area contributed by atoms with Gasteiger partial charge in [-0.25, -0.2) is 0 Å². The van der Waals surface area contributed by atoms with E-state index in [-0.39, 0.29) is 11.7 Å². The zero-order chi connectivity index (χ0) is 33.0. The van der Waals surface area contributed by atoms with E-state index < -0.39 is 11.7 Å². The zero-order valence-corrected chi connectivity index (χ0v) is 26.2. The molecular formula is C34H41F3N4O4. The van der Waals surface area contributed by atoms with E-state index in [9.17, 15) is 22.8 Å². The standard InChI is InChI=1S/C19H28N4O2.C15H13F3O2/c1-14-16(19(24)20-8-11-25-3)4-5-18-17(14)13-23(21-18)12-15-6-9-22(2)10-7-15;1-3-13(7-4-11(2)15(16,17)18)20-14-8-5-12(10-19)6-9-14/h4-5,13,15H,6-12H2,1-3H3,(H,20,24);3-10H,1H2,2H3/b;11-4+,13-7+. The van der Waals surface area contributed by atoms with E-state index in [4.69, 9.17) is 14.6 Å². The summed E-state index contributed by atoms with van der Waals surface area (Å²) in [5, 5.41) is 8.66. The molecule has 8 nitrogen and oxygen atoms in total. The lowest BCUT2D eigenvalue weighted by atomic mass is 9.97. The van der Waals surface area contributed by atoms with Crippen LogP contribution in [0.3, 0.4) is 0 Å². The number of hydrogen-bond donors (Lipinski definition) is 1. The van der Waals surface area contributed by atoms with Crippen molar-refractivity contribution in [2.45, 2.75) is 39.4 Å². The van der Waals surface area contributed by atoms with Gasteiger partial charge in [-0.15, -0.1) is 0 Å². The first-order valence-corrected chi connectivity index (χ1v) is 14.7. The Kier molecular flexibility index (Phi) is 13.1. The summed E-state index contributed by atoms with van der Waals surface area (Å²) in [6, 6.07) is 9.98. The molecule has 1 saturated heterocycles. The number of rotatable bonds is 11. The number of halogens is 3. The fourth-order valence-electron chi connectivity index (χ4n) is 4.69. The minimum absolute atomic E-state index is 0.0560. The second-order valence-electron chi connectivity index (χ2n) is 10.9. The van der Waals surface area contributed by atoms with Gasteiger partial charge in [0, 0.05) is 48.5 Å². The molecule has 1 N–H and O–H groups in total. The van der Waals surface area contributed by atoms with E-state index in [0.717, 1.165) is 49.1 Å². The molecule has 1 aliphatic rings. The fraction of sp³-hybridized carbons (Fsp3) is 0.382. The second-order valence-corrected chi connectivity index (χ2v) is 10.9. The summed E-state index contributed by atoms with van der Waals surface area (Å²) in [7, 11) is 3.81. The Balaban J connectivity index is 0.000000253. The molecule has 0 atom stereocenters. The number of nitrogens with zero attached hydrogens (tertiary/aromatic N) is 3. The molecule has 11 heteroatoms. The number of amides is 1. The molecule has 0 radical (unpaired) electrons. The predicted molar refractivity (Wildman–Crippen MR) is 169 cm³/mol. The highest BCUT2D eigenvalue weighted by Gasteiger charge is 2.29. The van der Waals surface area contributed by atoms with Crippen molar-refractivity contribution in [3.63, 3.8) is 0 Å². The molecule has 2 heterocycles. The Bertz CT molecular complexity index is 1500. The molecule has 2 aromatic carbocycles. The Morgan fingerprint density at radius 1 is 1.13 bits per heavy atom. The lowest BCUT2D eigenvalue weighted by Gasteiger charge is -2.28. The van der Waals surface area contributed by atoms with E-state index in [1.807, 2.05) is 19.1 Å². The topological polar surface area (TPSA) is 85.7 Å². The van der Waals surface area contributed by atoms with E-state index in [1.54, 1.807) is 31.4 Å². The largest absolute Gasteiger partial charge is 0.457 e. The van der Waals surface area contributed by atoms with E-state index in [2.05, 4.69) is 34.7 Å². The van der Waals surface area contributed by atoms with Crippen molar-refractivity contribution in [3.8, 4) is 5.75 Å². The average Bonchev–Trinajstić information content (AvgIpc) is 3.44. The van der Waals surface area contributed by atoms with Gasteiger partial charge in [0.2, 0.25) is 0 Å². The number of benzene rings is 2. The lowest BCUT2D eigenvalue weighted by Crippen LogP contribution is -2.31. The number of likely N-dealkylation sites (tertiary alicyclic amines) is 1. The predicted octanol–water partition coefficient (Wildman–Crippen LogP) is 6.52. The van der Waals surface area contributed by atoms with Crippen LogP contribution in [-0.2, 0) is 11.3 Å². The van der Waals surface area contributed by atoms with E-state index in [1.165, 1.54) is 25.0 Å². The molecule has 3 aromatic rings. The minimum Gasteiger partial charge on any atom is -0.457 e. The molecular weight excluding hydrogens is 585 g/mol. The summed E-state index contributed by atoms with van der Waals surface area (Å²) in [6.07, 6.45) is 4.25. The quantitative estimate of drug-likeness (QED) is 0.113. The van der Waals surface area contributed by atoms with Crippen molar-refractivity contribution in [1.82, 2.24) is 20.0 Å². The van der Waals surface area contributed by atoms with E-state index >= 15 is 0 Å². The maximum absolute atomic E-state index is 12.3. The number of methoxy groups -OCH3 is 1. The summed E-state index contributed by atoms with van der Waals surface area (Å²) in [5.74, 6) is 1.20. The highest BCUT2D eigenvalue weighted by molar-refractivity contribution is 6.00. The van der Waals surface area contributed by atoms with Crippen LogP contribution in [0.15, 0.2) is 78.7 Å². The summed E-state index contributed by atoms with van der Waals surface area (Å²) >= 11 is 0. The lowest BCUT2D eigenvalue weighted by molar-refractivity contribution is -0.0913. The van der Waals surface area contributed by atoms with Crippen molar-refractivity contribution >= 4 is 23.1 Å². The monoisotopic (exact) mass is 626 g/mol. The number of carbonyl (C=O) groups is 2. The van der Waals surface area contributed by atoms with Crippen molar-refractivity contribution in [2.24, 2.45) is 5.92 Å². The van der Waals surface area contributed by atoms with Crippen molar-refractivity contribution in [3.05, 3.63) is 95.4 Å². The van der Waals surface area contributed by atoms with Crippen LogP contribution in [-0.4, -0.2) is 73.4 Å². The van der Waals surface area contributed by atoms with Gasteiger partial charge in [0.15, 0.2) is 0 Å². The summed E-state index contributed by atoms with van der Waals surface area (Å²) in [6.45, 7) is 10.7. The molecule has 0 spiro atoms. The van der Waals surface area contributed by atoms with Gasteiger partial charge in [0.05, 0.1) is 12.1 Å². The molecule has 0 bridgehead atoms. The molecule has 1 aromatic heterocycles. The maximum atomic E-state index is 12.3. The number of fused-ring (bicyclic) bond motifs is 1. The number of hydrogen-bond acceptors (Lipinski definition) is 6. The van der Waals surface area contributed by atoms with Crippen LogP contribution >= 0.6 is 0 Å². The molecule has 45 heavy (non-hydrogen) atoms. The van der Waals surface area contributed by atoms with Crippen molar-refractivity contribution in [1.29, 1.82) is 0 Å². The fourth-order valence-corrected chi connectivity index (χ4v) is 4.69. The summed E-state index contributed by atoms with van der Waals surface area (Å²) < 4.78 is 49.3. The van der Waals surface area contributed by atoms with Gasteiger partial charge >= 0.3 is 6.18 Å². The highest BCUT2D eigenvalue weighted by Crippen LogP contribution is 2.26. The molecule has 4 rings (SSSR count). The smallest absolute Gasteiger partial charge is 0.412 e. The summed E-state index contributed by atoms with van der Waals surface area (Å²) in [4.78, 5) is 25.2. The second kappa shape index (κ2) is 16.7. The molecule has 1 amide bonds. The normalized spacial score (nSPS) is 14.9. The number of aryl methyl sites for hydroxylation is 1. The molecule has 1 aliphatic heterocycles. The third kappa shape index (κ3) is 10.7. The minimum atomic E-state index is -4.37. The Hall–Kier alpha value is -4.22.